The molecule has 2 atom stereocenters. The summed E-state index contributed by atoms with van der Waals surface area (Å²) in [6.45, 7) is 4.65. The lowest BCUT2D eigenvalue weighted by Gasteiger charge is -2.41. The predicted molar refractivity (Wildman–Crippen MR) is 137 cm³/mol. The molecule has 2 aliphatic heterocycles. The molecule has 2 N–H and O–H groups in total. The van der Waals surface area contributed by atoms with Crippen molar-refractivity contribution in [2.24, 2.45) is 11.1 Å². The van der Waals surface area contributed by atoms with Crippen molar-refractivity contribution >= 4 is 34.8 Å². The average molecular weight is 508 g/mol. The van der Waals surface area contributed by atoms with Crippen molar-refractivity contribution in [1.29, 1.82) is 0 Å². The van der Waals surface area contributed by atoms with Crippen LogP contribution in [0.1, 0.15) is 19.8 Å². The quantitative estimate of drug-likeness (QED) is 0.436. The van der Waals surface area contributed by atoms with Gasteiger partial charge in [0.15, 0.2) is 5.65 Å². The number of ether oxygens (including phenoxy) is 1. The first-order valence-electron chi connectivity index (χ1n) is 11.7. The molecule has 0 bridgehead atoms. The van der Waals surface area contributed by atoms with Gasteiger partial charge in [-0.15, -0.1) is 0 Å². The molecule has 2 saturated heterocycles. The van der Waals surface area contributed by atoms with E-state index in [9.17, 15) is 0 Å². The van der Waals surface area contributed by atoms with E-state index in [-0.39, 0.29) is 17.6 Å². The molecular formula is C25H26ClN7OS. The van der Waals surface area contributed by atoms with Crippen LogP contribution in [-0.4, -0.2) is 56.2 Å². The van der Waals surface area contributed by atoms with Crippen molar-refractivity contribution in [2.45, 2.75) is 41.8 Å². The Morgan fingerprint density at radius 2 is 1.97 bits per heavy atom. The normalized spacial score (nSPS) is 21.7. The predicted octanol–water partition coefficient (Wildman–Crippen LogP) is 4.32. The molecule has 2 aliphatic rings. The van der Waals surface area contributed by atoms with Crippen LogP contribution in [0.5, 0.6) is 0 Å². The van der Waals surface area contributed by atoms with Gasteiger partial charge in [-0.25, -0.2) is 15.0 Å². The van der Waals surface area contributed by atoms with Gasteiger partial charge in [-0.2, -0.15) is 0 Å². The fraction of sp³-hybridized carbons (Fsp3) is 0.360. The van der Waals surface area contributed by atoms with Gasteiger partial charge < -0.3 is 19.8 Å². The fourth-order valence-corrected chi connectivity index (χ4v) is 6.17. The SMILES string of the molecule is C[C@@H]1OCC2(CCN(c3cnc(Sc4cccc(-c5cn6ccnc6cn5)c4Cl)cn3)CC2)C1N. The minimum absolute atomic E-state index is 0.0954. The zero-order valence-corrected chi connectivity index (χ0v) is 20.9. The number of nitrogens with two attached hydrogens (primary N) is 1. The molecule has 35 heavy (non-hydrogen) atoms. The molecule has 1 spiro atoms. The summed E-state index contributed by atoms with van der Waals surface area (Å²) in [6, 6.07) is 6.04. The standard InChI is InChI=1S/C25H26ClN7OS/c1-16-24(27)25(15-34-16)5-8-32(9-6-25)21-12-31-22(13-30-21)35-19-4-2-3-17(23(19)26)18-14-33-10-7-28-20(33)11-29-18/h2-4,7,10-14,16,24H,5-6,8-9,15,27H2,1H3/t16-,24?/m0/s1. The summed E-state index contributed by atoms with van der Waals surface area (Å²) in [6.07, 6.45) is 13.1. The lowest BCUT2D eigenvalue weighted by Crippen LogP contribution is -2.50. The highest BCUT2D eigenvalue weighted by molar-refractivity contribution is 7.99. The smallest absolute Gasteiger partial charge is 0.155 e. The van der Waals surface area contributed by atoms with Crippen LogP contribution in [0.15, 0.2) is 65.3 Å². The lowest BCUT2D eigenvalue weighted by atomic mass is 9.73. The highest BCUT2D eigenvalue weighted by Crippen LogP contribution is 2.42. The fourth-order valence-electron chi connectivity index (χ4n) is 5.04. The molecule has 180 valence electrons. The van der Waals surface area contributed by atoms with Gasteiger partial charge in [0.2, 0.25) is 0 Å². The van der Waals surface area contributed by atoms with Gasteiger partial charge in [-0.1, -0.05) is 35.5 Å². The van der Waals surface area contributed by atoms with E-state index in [4.69, 9.17) is 27.1 Å². The van der Waals surface area contributed by atoms with E-state index >= 15 is 0 Å². The highest BCUT2D eigenvalue weighted by Gasteiger charge is 2.47. The number of halogens is 1. The van der Waals surface area contributed by atoms with E-state index in [2.05, 4.69) is 26.8 Å². The molecule has 4 aromatic rings. The van der Waals surface area contributed by atoms with E-state index in [1.54, 1.807) is 12.4 Å². The maximum absolute atomic E-state index is 6.79. The summed E-state index contributed by atoms with van der Waals surface area (Å²) >= 11 is 8.29. The Morgan fingerprint density at radius 1 is 1.11 bits per heavy atom. The van der Waals surface area contributed by atoms with Crippen LogP contribution < -0.4 is 10.6 Å². The Labute approximate surface area is 212 Å². The maximum atomic E-state index is 6.79. The van der Waals surface area contributed by atoms with E-state index < -0.39 is 0 Å². The monoisotopic (exact) mass is 507 g/mol. The van der Waals surface area contributed by atoms with Gasteiger partial charge in [-0.05, 0) is 25.8 Å². The minimum atomic E-state index is 0.0954. The second kappa shape index (κ2) is 9.05. The van der Waals surface area contributed by atoms with Crippen molar-refractivity contribution in [3.63, 3.8) is 0 Å². The van der Waals surface area contributed by atoms with E-state index in [1.165, 1.54) is 11.8 Å². The molecule has 0 amide bonds. The number of hydrogen-bond donors (Lipinski definition) is 1. The third-order valence-corrected chi connectivity index (χ3v) is 8.78. The van der Waals surface area contributed by atoms with Gasteiger partial charge >= 0.3 is 0 Å². The number of rotatable bonds is 4. The van der Waals surface area contributed by atoms with E-state index in [0.29, 0.717) is 5.02 Å². The first-order chi connectivity index (χ1) is 17.0. The third-order valence-electron chi connectivity index (χ3n) is 7.28. The van der Waals surface area contributed by atoms with Gasteiger partial charge in [0, 0.05) is 53.6 Å². The molecule has 2 fully saturated rings. The van der Waals surface area contributed by atoms with Crippen LogP contribution in [0.4, 0.5) is 5.82 Å². The number of aromatic nitrogens is 5. The molecule has 1 aromatic carbocycles. The molecular weight excluding hydrogens is 482 g/mol. The van der Waals surface area contributed by atoms with Crippen LogP contribution in [0, 0.1) is 5.41 Å². The van der Waals surface area contributed by atoms with Gasteiger partial charge in [0.05, 0.1) is 42.0 Å². The highest BCUT2D eigenvalue weighted by atomic mass is 35.5. The number of nitrogens with zero attached hydrogens (tertiary/aromatic N) is 6. The van der Waals surface area contributed by atoms with Crippen molar-refractivity contribution in [1.82, 2.24) is 24.3 Å². The van der Waals surface area contributed by atoms with Gasteiger partial charge in [0.1, 0.15) is 10.8 Å². The molecule has 0 saturated carbocycles. The summed E-state index contributed by atoms with van der Waals surface area (Å²) in [7, 11) is 0. The summed E-state index contributed by atoms with van der Waals surface area (Å²) in [5, 5.41) is 1.43. The third kappa shape index (κ3) is 4.16. The Hall–Kier alpha value is -2.72. The number of imidazole rings is 1. The lowest BCUT2D eigenvalue weighted by molar-refractivity contribution is 0.0974. The summed E-state index contributed by atoms with van der Waals surface area (Å²) in [5.74, 6) is 0.891. The molecule has 6 rings (SSSR count). The molecule has 0 radical (unpaired) electrons. The zero-order valence-electron chi connectivity index (χ0n) is 19.3. The Bertz CT molecular complexity index is 1350. The second-order valence-corrected chi connectivity index (χ2v) is 10.7. The Morgan fingerprint density at radius 3 is 2.71 bits per heavy atom. The number of anilines is 1. The summed E-state index contributed by atoms with van der Waals surface area (Å²) in [5.41, 5.74) is 8.99. The minimum Gasteiger partial charge on any atom is -0.376 e. The first kappa shape index (κ1) is 22.7. The number of fused-ring (bicyclic) bond motifs is 1. The van der Waals surface area contributed by atoms with Crippen LogP contribution in [0.3, 0.4) is 0 Å². The summed E-state index contributed by atoms with van der Waals surface area (Å²) in [4.78, 5) is 21.3. The molecule has 10 heteroatoms. The number of benzene rings is 1. The molecule has 5 heterocycles. The molecule has 8 nitrogen and oxygen atoms in total. The Balaban J connectivity index is 1.16. The van der Waals surface area contributed by atoms with E-state index in [1.807, 2.05) is 47.4 Å². The van der Waals surface area contributed by atoms with Crippen molar-refractivity contribution < 1.29 is 4.74 Å². The van der Waals surface area contributed by atoms with E-state index in [0.717, 1.165) is 65.2 Å². The number of piperidine rings is 1. The number of hydrogen-bond acceptors (Lipinski definition) is 8. The molecule has 1 unspecified atom stereocenters. The second-order valence-electron chi connectivity index (χ2n) is 9.29. The average Bonchev–Trinajstić information content (AvgIpc) is 3.46. The molecule has 3 aromatic heterocycles. The Kier molecular flexibility index (Phi) is 5.88. The van der Waals surface area contributed by atoms with Crippen molar-refractivity contribution in [3.05, 3.63) is 60.4 Å². The zero-order chi connectivity index (χ0) is 24.0. The first-order valence-corrected chi connectivity index (χ1v) is 12.9. The topological polar surface area (TPSA) is 94.5 Å². The van der Waals surface area contributed by atoms with Gasteiger partial charge in [0.25, 0.3) is 0 Å². The van der Waals surface area contributed by atoms with Crippen molar-refractivity contribution in [2.75, 3.05) is 24.6 Å². The van der Waals surface area contributed by atoms with Crippen LogP contribution in [0.2, 0.25) is 5.02 Å². The van der Waals surface area contributed by atoms with Crippen molar-refractivity contribution in [3.8, 4) is 11.3 Å². The van der Waals surface area contributed by atoms with Gasteiger partial charge in [-0.3, -0.25) is 4.98 Å². The van der Waals surface area contributed by atoms with Crippen LogP contribution >= 0.6 is 23.4 Å². The summed E-state index contributed by atoms with van der Waals surface area (Å²) < 4.78 is 7.77. The molecule has 0 aliphatic carbocycles. The largest absolute Gasteiger partial charge is 0.376 e. The van der Waals surface area contributed by atoms with Crippen LogP contribution in [-0.2, 0) is 4.74 Å². The van der Waals surface area contributed by atoms with Crippen LogP contribution in [0.25, 0.3) is 16.9 Å². The maximum Gasteiger partial charge on any atom is 0.155 e.